The molecule has 0 bridgehead atoms. The summed E-state index contributed by atoms with van der Waals surface area (Å²) < 4.78 is 0.344. The highest BCUT2D eigenvalue weighted by Gasteiger charge is 2.19. The number of benzene rings is 2. The van der Waals surface area contributed by atoms with E-state index in [0.29, 0.717) is 11.0 Å². The number of likely N-dealkylation sites (N-methyl/N-ethyl adjacent to an activating group) is 1. The summed E-state index contributed by atoms with van der Waals surface area (Å²) in [6.45, 7) is 0.619. The van der Waals surface area contributed by atoms with Crippen molar-refractivity contribution in [2.75, 3.05) is 20.6 Å². The Kier molecular flexibility index (Phi) is 6.05. The number of amides is 1. The molecule has 1 amide bonds. The molecule has 0 spiro atoms. The highest BCUT2D eigenvalue weighted by Crippen LogP contribution is 2.26. The van der Waals surface area contributed by atoms with Gasteiger partial charge in [-0.15, -0.1) is 0 Å². The molecule has 0 fully saturated rings. The number of nitro groups is 1. The molecule has 0 aliphatic rings. The predicted octanol–water partition coefficient (Wildman–Crippen LogP) is 3.39. The van der Waals surface area contributed by atoms with E-state index in [9.17, 15) is 14.9 Å². The maximum Gasteiger partial charge on any atom is 0.284 e. The van der Waals surface area contributed by atoms with Crippen LogP contribution in [0.5, 0.6) is 0 Å². The van der Waals surface area contributed by atoms with Crippen LogP contribution in [0.1, 0.15) is 22.0 Å². The van der Waals surface area contributed by atoms with Crippen molar-refractivity contribution in [1.29, 1.82) is 0 Å². The summed E-state index contributed by atoms with van der Waals surface area (Å²) in [6, 6.07) is 13.8. The average molecular weight is 392 g/mol. The highest BCUT2D eigenvalue weighted by molar-refractivity contribution is 9.10. The summed E-state index contributed by atoms with van der Waals surface area (Å²) in [4.78, 5) is 25.0. The Balaban J connectivity index is 2.25. The minimum Gasteiger partial charge on any atom is -0.344 e. The molecular formula is C17H18BrN3O3. The molecule has 1 N–H and O–H groups in total. The number of hydrogen-bond donors (Lipinski definition) is 1. The summed E-state index contributed by atoms with van der Waals surface area (Å²) in [7, 11) is 3.85. The van der Waals surface area contributed by atoms with Crippen molar-refractivity contribution in [1.82, 2.24) is 10.2 Å². The molecule has 24 heavy (non-hydrogen) atoms. The second-order valence-corrected chi connectivity index (χ2v) is 6.48. The van der Waals surface area contributed by atoms with Gasteiger partial charge < -0.3 is 10.2 Å². The van der Waals surface area contributed by atoms with E-state index >= 15 is 0 Å². The number of halogens is 1. The molecule has 1 atom stereocenters. The number of nitrogens with zero attached hydrogens (tertiary/aromatic N) is 2. The molecule has 0 unspecified atom stereocenters. The topological polar surface area (TPSA) is 75.5 Å². The van der Waals surface area contributed by atoms with Crippen molar-refractivity contribution in [2.45, 2.75) is 6.04 Å². The van der Waals surface area contributed by atoms with Gasteiger partial charge in [0, 0.05) is 18.2 Å². The lowest BCUT2D eigenvalue weighted by Crippen LogP contribution is -2.35. The van der Waals surface area contributed by atoms with Crippen molar-refractivity contribution in [3.63, 3.8) is 0 Å². The zero-order chi connectivity index (χ0) is 17.7. The third-order valence-electron chi connectivity index (χ3n) is 3.46. The van der Waals surface area contributed by atoms with Crippen LogP contribution in [0.3, 0.4) is 0 Å². The quantitative estimate of drug-likeness (QED) is 0.604. The van der Waals surface area contributed by atoms with E-state index < -0.39 is 4.92 Å². The van der Waals surface area contributed by atoms with E-state index in [1.54, 1.807) is 6.07 Å². The lowest BCUT2D eigenvalue weighted by atomic mass is 10.1. The molecule has 6 nitrogen and oxygen atoms in total. The van der Waals surface area contributed by atoms with Crippen LogP contribution in [0.4, 0.5) is 5.69 Å². The fourth-order valence-electron chi connectivity index (χ4n) is 2.32. The van der Waals surface area contributed by atoms with Gasteiger partial charge >= 0.3 is 0 Å². The Morgan fingerprint density at radius 2 is 1.92 bits per heavy atom. The number of hydrogen-bond acceptors (Lipinski definition) is 4. The standard InChI is InChI=1S/C17H18BrN3O3/c1-20(2)11-15(12-6-4-3-5-7-12)19-17(22)13-8-9-14(18)16(10-13)21(23)24/h3-10,15H,11H2,1-2H3,(H,19,22)/t15-/m0/s1. The zero-order valence-electron chi connectivity index (χ0n) is 13.4. The molecule has 0 heterocycles. The molecule has 126 valence electrons. The smallest absolute Gasteiger partial charge is 0.284 e. The van der Waals surface area contributed by atoms with E-state index in [-0.39, 0.29) is 23.2 Å². The summed E-state index contributed by atoms with van der Waals surface area (Å²) in [5, 5.41) is 14.0. The van der Waals surface area contributed by atoms with Crippen molar-refractivity contribution < 1.29 is 9.72 Å². The van der Waals surface area contributed by atoms with Crippen molar-refractivity contribution in [2.24, 2.45) is 0 Å². The highest BCUT2D eigenvalue weighted by atomic mass is 79.9. The molecule has 2 aromatic rings. The summed E-state index contributed by atoms with van der Waals surface area (Å²) in [5.74, 6) is -0.346. The first-order valence-electron chi connectivity index (χ1n) is 7.33. The maximum absolute atomic E-state index is 12.5. The Hall–Kier alpha value is -2.25. The molecule has 0 aromatic heterocycles. The van der Waals surface area contributed by atoms with Gasteiger partial charge in [-0.25, -0.2) is 0 Å². The van der Waals surface area contributed by atoms with Crippen LogP contribution in [-0.4, -0.2) is 36.4 Å². The van der Waals surface area contributed by atoms with Crippen LogP contribution in [-0.2, 0) is 0 Å². The van der Waals surface area contributed by atoms with Crippen molar-refractivity contribution >= 4 is 27.5 Å². The van der Waals surface area contributed by atoms with E-state index in [4.69, 9.17) is 0 Å². The molecule has 2 rings (SSSR count). The predicted molar refractivity (Wildman–Crippen MR) is 96.0 cm³/mol. The lowest BCUT2D eigenvalue weighted by molar-refractivity contribution is -0.385. The van der Waals surface area contributed by atoms with Gasteiger partial charge in [0.25, 0.3) is 11.6 Å². The lowest BCUT2D eigenvalue weighted by Gasteiger charge is -2.23. The van der Waals surface area contributed by atoms with E-state index in [1.807, 2.05) is 49.3 Å². The summed E-state index contributed by atoms with van der Waals surface area (Å²) in [5.41, 5.74) is 1.10. The molecule has 0 saturated heterocycles. The minimum absolute atomic E-state index is 0.133. The molecule has 0 aliphatic carbocycles. The van der Waals surface area contributed by atoms with E-state index in [2.05, 4.69) is 21.2 Å². The van der Waals surface area contributed by atoms with Gasteiger partial charge in [0.1, 0.15) is 0 Å². The largest absolute Gasteiger partial charge is 0.344 e. The fourth-order valence-corrected chi connectivity index (χ4v) is 2.71. The van der Waals surface area contributed by atoms with Gasteiger partial charge in [-0.2, -0.15) is 0 Å². The monoisotopic (exact) mass is 391 g/mol. The first-order valence-corrected chi connectivity index (χ1v) is 8.12. The SMILES string of the molecule is CN(C)C[C@H](NC(=O)c1ccc(Br)c([N+](=O)[O-])c1)c1ccccc1. The van der Waals surface area contributed by atoms with Crippen LogP contribution < -0.4 is 5.32 Å². The van der Waals surface area contributed by atoms with Crippen LogP contribution in [0.2, 0.25) is 0 Å². The van der Waals surface area contributed by atoms with Crippen LogP contribution >= 0.6 is 15.9 Å². The molecule has 0 radical (unpaired) electrons. The summed E-state index contributed by atoms with van der Waals surface area (Å²) >= 11 is 3.12. The van der Waals surface area contributed by atoms with Gasteiger partial charge in [0.15, 0.2) is 0 Å². The van der Waals surface area contributed by atoms with Gasteiger partial charge in [-0.1, -0.05) is 30.3 Å². The Morgan fingerprint density at radius 1 is 1.25 bits per heavy atom. The maximum atomic E-state index is 12.5. The number of nitro benzene ring substituents is 1. The second kappa shape index (κ2) is 8.03. The first kappa shape index (κ1) is 18.1. The molecular weight excluding hydrogens is 374 g/mol. The summed E-state index contributed by atoms with van der Waals surface area (Å²) in [6.07, 6.45) is 0. The van der Waals surface area contributed by atoms with Crippen LogP contribution in [0.25, 0.3) is 0 Å². The first-order chi connectivity index (χ1) is 11.4. The number of carbonyl (C=O) groups is 1. The fraction of sp³-hybridized carbons (Fsp3) is 0.235. The van der Waals surface area contributed by atoms with Gasteiger partial charge in [0.2, 0.25) is 0 Å². The van der Waals surface area contributed by atoms with Gasteiger partial charge in [0.05, 0.1) is 15.4 Å². The normalized spacial score (nSPS) is 12.0. The number of carbonyl (C=O) groups excluding carboxylic acids is 1. The second-order valence-electron chi connectivity index (χ2n) is 5.62. The third kappa shape index (κ3) is 4.62. The van der Waals surface area contributed by atoms with Crippen LogP contribution in [0.15, 0.2) is 53.0 Å². The van der Waals surface area contributed by atoms with E-state index in [1.165, 1.54) is 12.1 Å². The molecule has 0 aliphatic heterocycles. The molecule has 2 aromatic carbocycles. The Bertz CT molecular complexity index is 735. The zero-order valence-corrected chi connectivity index (χ0v) is 15.0. The average Bonchev–Trinajstić information content (AvgIpc) is 2.54. The Morgan fingerprint density at radius 3 is 2.50 bits per heavy atom. The molecule has 7 heteroatoms. The van der Waals surface area contributed by atoms with E-state index in [0.717, 1.165) is 5.56 Å². The number of nitrogens with one attached hydrogen (secondary N) is 1. The minimum atomic E-state index is -0.518. The van der Waals surface area contributed by atoms with Gasteiger partial charge in [-0.3, -0.25) is 14.9 Å². The van der Waals surface area contributed by atoms with Gasteiger partial charge in [-0.05, 0) is 47.7 Å². The Labute approximate surface area is 148 Å². The van der Waals surface area contributed by atoms with Crippen molar-refractivity contribution in [3.8, 4) is 0 Å². The number of rotatable bonds is 6. The van der Waals surface area contributed by atoms with Crippen LogP contribution in [0, 0.1) is 10.1 Å². The third-order valence-corrected chi connectivity index (χ3v) is 4.13. The van der Waals surface area contributed by atoms with Crippen molar-refractivity contribution in [3.05, 3.63) is 74.2 Å². The molecule has 0 saturated carbocycles.